The van der Waals surface area contributed by atoms with Crippen LogP contribution in [-0.4, -0.2) is 34.7 Å². The van der Waals surface area contributed by atoms with E-state index in [9.17, 15) is 19.8 Å². The molecule has 2 bridgehead atoms. The van der Waals surface area contributed by atoms with Gasteiger partial charge in [0.25, 0.3) is 0 Å². The van der Waals surface area contributed by atoms with E-state index in [1.54, 1.807) is 11.8 Å². The first-order chi connectivity index (χ1) is 13.8. The number of carbonyl (C=O) groups excluding carboxylic acids is 1. The molecule has 1 amide bonds. The molecule has 160 valence electrons. The first-order valence-electron chi connectivity index (χ1n) is 11.2. The molecule has 3 fully saturated rings. The number of amides is 1. The average molecular weight is 420 g/mol. The zero-order valence-corrected chi connectivity index (χ0v) is 18.3. The SMILES string of the molecule is CC(O)CCCN(C(=O)C1CC(C)C1)c1cc(C2CC3CCC2C3)sc1C(=O)O. The van der Waals surface area contributed by atoms with Crippen molar-refractivity contribution in [3.8, 4) is 0 Å². The minimum Gasteiger partial charge on any atom is -0.477 e. The summed E-state index contributed by atoms with van der Waals surface area (Å²) >= 11 is 1.39. The summed E-state index contributed by atoms with van der Waals surface area (Å²) in [4.78, 5) is 28.5. The summed E-state index contributed by atoms with van der Waals surface area (Å²) in [5.41, 5.74) is 0.593. The number of thiophene rings is 1. The predicted molar refractivity (Wildman–Crippen MR) is 115 cm³/mol. The number of rotatable bonds is 8. The first kappa shape index (κ1) is 20.9. The van der Waals surface area contributed by atoms with E-state index in [0.717, 1.165) is 23.6 Å². The molecule has 0 aromatic carbocycles. The Labute approximate surface area is 177 Å². The number of carbonyl (C=O) groups is 2. The van der Waals surface area contributed by atoms with Gasteiger partial charge in [0.2, 0.25) is 5.91 Å². The third-order valence-corrected chi connectivity index (χ3v) is 8.56. The summed E-state index contributed by atoms with van der Waals surface area (Å²) in [6.07, 6.45) is 7.64. The highest BCUT2D eigenvalue weighted by Crippen LogP contribution is 2.55. The van der Waals surface area contributed by atoms with E-state index in [-0.39, 0.29) is 11.8 Å². The summed E-state index contributed by atoms with van der Waals surface area (Å²) in [7, 11) is 0. The molecule has 29 heavy (non-hydrogen) atoms. The maximum atomic E-state index is 13.3. The van der Waals surface area contributed by atoms with Crippen molar-refractivity contribution in [3.63, 3.8) is 0 Å². The largest absolute Gasteiger partial charge is 0.477 e. The lowest BCUT2D eigenvalue weighted by Gasteiger charge is -2.36. The topological polar surface area (TPSA) is 77.8 Å². The van der Waals surface area contributed by atoms with E-state index in [4.69, 9.17) is 0 Å². The van der Waals surface area contributed by atoms with E-state index in [0.29, 0.717) is 47.7 Å². The molecule has 6 heteroatoms. The standard InChI is InChI=1S/C23H33NO4S/c1-13-8-17(9-13)22(26)24(7-3-4-14(2)25)19-12-20(29-21(19)23(27)28)18-11-15-5-6-16(18)10-15/h12-18,25H,3-11H2,1-2H3,(H,27,28). The van der Waals surface area contributed by atoms with Crippen molar-refractivity contribution in [2.45, 2.75) is 77.2 Å². The van der Waals surface area contributed by atoms with Gasteiger partial charge in [-0.2, -0.15) is 0 Å². The summed E-state index contributed by atoms with van der Waals surface area (Å²) in [6.45, 7) is 4.38. The van der Waals surface area contributed by atoms with Gasteiger partial charge in [-0.15, -0.1) is 11.3 Å². The number of carboxylic acid groups (broad SMARTS) is 1. The lowest BCUT2D eigenvalue weighted by Crippen LogP contribution is -2.42. The van der Waals surface area contributed by atoms with Crippen LogP contribution in [0.3, 0.4) is 0 Å². The van der Waals surface area contributed by atoms with Gasteiger partial charge in [-0.3, -0.25) is 4.79 Å². The smallest absolute Gasteiger partial charge is 0.348 e. The van der Waals surface area contributed by atoms with Crippen LogP contribution >= 0.6 is 11.3 Å². The molecule has 4 rings (SSSR count). The van der Waals surface area contributed by atoms with Crippen LogP contribution in [0, 0.1) is 23.7 Å². The Hall–Kier alpha value is -1.40. The molecule has 1 aromatic heterocycles. The fourth-order valence-corrected chi connectivity index (χ4v) is 6.96. The first-order valence-corrected chi connectivity index (χ1v) is 12.0. The number of nitrogens with zero attached hydrogens (tertiary/aromatic N) is 1. The van der Waals surface area contributed by atoms with Crippen molar-refractivity contribution in [3.05, 3.63) is 15.8 Å². The van der Waals surface area contributed by atoms with Crippen molar-refractivity contribution in [2.75, 3.05) is 11.4 Å². The molecule has 2 N–H and O–H groups in total. The number of carboxylic acids is 1. The zero-order chi connectivity index (χ0) is 20.7. The maximum Gasteiger partial charge on any atom is 0.348 e. The zero-order valence-electron chi connectivity index (χ0n) is 17.5. The van der Waals surface area contributed by atoms with Crippen LogP contribution < -0.4 is 4.90 Å². The molecule has 3 aliphatic rings. The minimum atomic E-state index is -0.935. The molecular formula is C23H33NO4S. The molecule has 1 aromatic rings. The highest BCUT2D eigenvalue weighted by molar-refractivity contribution is 7.14. The van der Waals surface area contributed by atoms with Gasteiger partial charge in [-0.25, -0.2) is 4.79 Å². The van der Waals surface area contributed by atoms with Crippen LogP contribution in [0.5, 0.6) is 0 Å². The van der Waals surface area contributed by atoms with Crippen molar-refractivity contribution in [2.24, 2.45) is 23.7 Å². The Bertz CT molecular complexity index is 767. The fourth-order valence-electron chi connectivity index (χ4n) is 5.75. The van der Waals surface area contributed by atoms with Crippen LogP contribution in [0.4, 0.5) is 5.69 Å². The lowest BCUT2D eigenvalue weighted by atomic mass is 9.75. The highest BCUT2D eigenvalue weighted by atomic mass is 32.1. The molecule has 0 spiro atoms. The average Bonchev–Trinajstić information content (AvgIpc) is 3.36. The van der Waals surface area contributed by atoms with E-state index >= 15 is 0 Å². The number of fused-ring (bicyclic) bond motifs is 2. The van der Waals surface area contributed by atoms with E-state index in [2.05, 4.69) is 6.92 Å². The maximum absolute atomic E-state index is 13.3. The normalized spacial score (nSPS) is 31.5. The highest BCUT2D eigenvalue weighted by Gasteiger charge is 2.42. The van der Waals surface area contributed by atoms with E-state index in [1.165, 1.54) is 37.0 Å². The number of aromatic carboxylic acids is 1. The third-order valence-electron chi connectivity index (χ3n) is 7.31. The summed E-state index contributed by atoms with van der Waals surface area (Å²) in [5.74, 6) is 1.63. The number of aliphatic hydroxyl groups excluding tert-OH is 1. The molecule has 3 aliphatic carbocycles. The quantitative estimate of drug-likeness (QED) is 0.629. The summed E-state index contributed by atoms with van der Waals surface area (Å²) in [5, 5.41) is 19.5. The predicted octanol–water partition coefficient (Wildman–Crippen LogP) is 4.89. The molecule has 4 atom stereocenters. The van der Waals surface area contributed by atoms with Gasteiger partial charge < -0.3 is 15.1 Å². The molecular weight excluding hydrogens is 386 g/mol. The summed E-state index contributed by atoms with van der Waals surface area (Å²) in [6, 6.07) is 2.02. The van der Waals surface area contributed by atoms with Gasteiger partial charge in [0, 0.05) is 17.3 Å². The van der Waals surface area contributed by atoms with Gasteiger partial charge in [-0.1, -0.05) is 13.3 Å². The van der Waals surface area contributed by atoms with Gasteiger partial charge in [0.15, 0.2) is 0 Å². The lowest BCUT2D eigenvalue weighted by molar-refractivity contribution is -0.126. The molecule has 3 saturated carbocycles. The Morgan fingerprint density at radius 2 is 2.00 bits per heavy atom. The van der Waals surface area contributed by atoms with Crippen LogP contribution in [0.25, 0.3) is 0 Å². The van der Waals surface area contributed by atoms with Crippen LogP contribution in [-0.2, 0) is 4.79 Å². The Morgan fingerprint density at radius 3 is 2.55 bits per heavy atom. The third kappa shape index (κ3) is 4.24. The van der Waals surface area contributed by atoms with Crippen molar-refractivity contribution >= 4 is 28.9 Å². The van der Waals surface area contributed by atoms with E-state index < -0.39 is 12.1 Å². The number of hydrogen-bond acceptors (Lipinski definition) is 4. The van der Waals surface area contributed by atoms with Crippen LogP contribution in [0.1, 0.15) is 85.7 Å². The molecule has 0 aliphatic heterocycles. The fraction of sp³-hybridized carbons (Fsp3) is 0.739. The Balaban J connectivity index is 1.61. The second-order valence-corrected chi connectivity index (χ2v) is 10.8. The number of aliphatic hydroxyl groups is 1. The minimum absolute atomic E-state index is 0.00374. The van der Waals surface area contributed by atoms with Gasteiger partial charge >= 0.3 is 5.97 Å². The van der Waals surface area contributed by atoms with Gasteiger partial charge in [0.1, 0.15) is 4.88 Å². The molecule has 1 heterocycles. The van der Waals surface area contributed by atoms with Crippen molar-refractivity contribution < 1.29 is 19.8 Å². The number of anilines is 1. The van der Waals surface area contributed by atoms with Gasteiger partial charge in [-0.05, 0) is 81.6 Å². The van der Waals surface area contributed by atoms with E-state index in [1.807, 2.05) is 6.07 Å². The Kier molecular flexibility index (Phi) is 6.03. The summed E-state index contributed by atoms with van der Waals surface area (Å²) < 4.78 is 0. The molecule has 5 nitrogen and oxygen atoms in total. The molecule has 4 unspecified atom stereocenters. The number of hydrogen-bond donors (Lipinski definition) is 2. The second kappa shape index (κ2) is 8.38. The van der Waals surface area contributed by atoms with Crippen molar-refractivity contribution in [1.82, 2.24) is 0 Å². The van der Waals surface area contributed by atoms with Crippen molar-refractivity contribution in [1.29, 1.82) is 0 Å². The Morgan fingerprint density at radius 1 is 1.24 bits per heavy atom. The van der Waals surface area contributed by atoms with Crippen LogP contribution in [0.2, 0.25) is 0 Å². The molecule has 0 saturated heterocycles. The second-order valence-electron chi connectivity index (χ2n) is 9.70. The molecule has 0 radical (unpaired) electrons. The monoisotopic (exact) mass is 419 g/mol. The van der Waals surface area contributed by atoms with Gasteiger partial charge in [0.05, 0.1) is 11.8 Å². The van der Waals surface area contributed by atoms with Crippen LogP contribution in [0.15, 0.2) is 6.07 Å².